The summed E-state index contributed by atoms with van der Waals surface area (Å²) in [6.45, 7) is 3.88. The van der Waals surface area contributed by atoms with E-state index in [1.807, 2.05) is 13.8 Å². The standard InChI is InChI=1S/C3H7O.Fe/c1-3(2)4;/h3H,1-2H3;/q-1;+2. The van der Waals surface area contributed by atoms with Gasteiger partial charge in [-0.15, -0.1) is 0 Å². The summed E-state index contributed by atoms with van der Waals surface area (Å²) in [5.41, 5.74) is 0. The van der Waals surface area contributed by atoms with Crippen LogP contribution in [0.2, 0.25) is 0 Å². The monoisotopic (exact) mass is 115 g/mol. The maximum atomic E-state index is 4.50. The Balaban J connectivity index is 2.54. The molecule has 2 heteroatoms. The third-order valence-corrected chi connectivity index (χ3v) is 0.687. The molecule has 1 nitrogen and oxygen atoms in total. The summed E-state index contributed by atoms with van der Waals surface area (Å²) in [7, 11) is 0. The molecule has 0 heterocycles. The fraction of sp³-hybridized carbons (Fsp3) is 1.00. The van der Waals surface area contributed by atoms with Crippen molar-refractivity contribution in [3.63, 3.8) is 0 Å². The predicted octanol–water partition coefficient (Wildman–Crippen LogP) is 0.873. The molecule has 0 aliphatic rings. The Morgan fingerprint density at radius 2 is 1.80 bits per heavy atom. The summed E-state index contributed by atoms with van der Waals surface area (Å²) in [6.07, 6.45) is 0.273. The average Bonchev–Trinajstić information content (AvgIpc) is 1.38. The van der Waals surface area contributed by atoms with Crippen LogP contribution < -0.4 is 0 Å². The molecule has 0 spiro atoms. The zero-order chi connectivity index (χ0) is 4.28. The van der Waals surface area contributed by atoms with Gasteiger partial charge in [-0.1, -0.05) is 0 Å². The summed E-state index contributed by atoms with van der Waals surface area (Å²) < 4.78 is 4.50. The van der Waals surface area contributed by atoms with Gasteiger partial charge in [-0.25, -0.2) is 0 Å². The van der Waals surface area contributed by atoms with Crippen LogP contribution in [0.3, 0.4) is 0 Å². The Hall–Kier alpha value is 0.479. The second-order valence-electron chi connectivity index (χ2n) is 1.13. The molecule has 0 bridgehead atoms. The van der Waals surface area contributed by atoms with Gasteiger partial charge in [0.2, 0.25) is 0 Å². The Morgan fingerprint density at radius 3 is 1.80 bits per heavy atom. The molecule has 0 rings (SSSR count). The van der Waals surface area contributed by atoms with E-state index >= 15 is 0 Å². The molecule has 0 saturated carbocycles. The number of hydrogen-bond donors (Lipinski definition) is 0. The second kappa shape index (κ2) is 2.70. The summed E-state index contributed by atoms with van der Waals surface area (Å²) >= 11 is 3.19. The van der Waals surface area contributed by atoms with E-state index in [1.165, 1.54) is 0 Å². The van der Waals surface area contributed by atoms with Crippen LogP contribution in [0.1, 0.15) is 13.8 Å². The third-order valence-electron chi connectivity index (χ3n) is 0.167. The third kappa shape index (κ3) is 4.48. The van der Waals surface area contributed by atoms with E-state index < -0.39 is 0 Å². The van der Waals surface area contributed by atoms with Crippen LogP contribution in [0.15, 0.2) is 0 Å². The molecule has 0 aromatic rings. The molecule has 0 aromatic carbocycles. The Kier molecular flexibility index (Phi) is 2.96. The molecule has 0 aromatic heterocycles. The topological polar surface area (TPSA) is 9.23 Å². The van der Waals surface area contributed by atoms with Crippen LogP contribution in [0, 0.1) is 0 Å². The SMILES string of the molecule is CC(C)[O][Fe+]. The van der Waals surface area contributed by atoms with E-state index in [9.17, 15) is 0 Å². The Bertz CT molecular complexity index is 20.9. The summed E-state index contributed by atoms with van der Waals surface area (Å²) in [4.78, 5) is 0. The molecule has 0 fully saturated rings. The van der Waals surface area contributed by atoms with Gasteiger partial charge in [0, 0.05) is 0 Å². The first kappa shape index (κ1) is 5.48. The van der Waals surface area contributed by atoms with Gasteiger partial charge in [-0.2, -0.15) is 0 Å². The van der Waals surface area contributed by atoms with Gasteiger partial charge in [0.15, 0.2) is 0 Å². The van der Waals surface area contributed by atoms with Gasteiger partial charge in [-0.05, 0) is 0 Å². The van der Waals surface area contributed by atoms with E-state index in [0.29, 0.717) is 0 Å². The van der Waals surface area contributed by atoms with E-state index in [2.05, 4.69) is 20.2 Å². The normalized spacial score (nSPS) is 9.60. The molecule has 0 aliphatic carbocycles. The van der Waals surface area contributed by atoms with Crippen LogP contribution in [-0.2, 0) is 20.2 Å². The molecular weight excluding hydrogens is 108 g/mol. The molecule has 0 atom stereocenters. The quantitative estimate of drug-likeness (QED) is 0.460. The molecule has 0 radical (unpaired) electrons. The van der Waals surface area contributed by atoms with Gasteiger partial charge in [0.05, 0.1) is 0 Å². The first-order chi connectivity index (χ1) is 2.27. The van der Waals surface area contributed by atoms with Crippen molar-refractivity contribution < 1.29 is 20.2 Å². The minimum atomic E-state index is 0.273. The zero-order valence-electron chi connectivity index (χ0n) is 3.34. The average molecular weight is 115 g/mol. The Labute approximate surface area is 40.8 Å². The summed E-state index contributed by atoms with van der Waals surface area (Å²) in [5.74, 6) is 0. The first-order valence-electron chi connectivity index (χ1n) is 1.53. The fourth-order valence-corrected chi connectivity index (χ4v) is 0. The maximum absolute atomic E-state index is 4.50. The van der Waals surface area contributed by atoms with Crippen molar-refractivity contribution >= 4 is 0 Å². The van der Waals surface area contributed by atoms with Gasteiger partial charge < -0.3 is 0 Å². The second-order valence-corrected chi connectivity index (χ2v) is 1.39. The van der Waals surface area contributed by atoms with Crippen LogP contribution in [0.25, 0.3) is 0 Å². The molecule has 0 unspecified atom stereocenters. The van der Waals surface area contributed by atoms with Crippen molar-refractivity contribution in [2.24, 2.45) is 0 Å². The van der Waals surface area contributed by atoms with Crippen molar-refractivity contribution in [3.8, 4) is 0 Å². The van der Waals surface area contributed by atoms with Crippen LogP contribution in [0.5, 0.6) is 0 Å². The summed E-state index contributed by atoms with van der Waals surface area (Å²) in [6, 6.07) is 0. The van der Waals surface area contributed by atoms with Gasteiger partial charge in [0.1, 0.15) is 0 Å². The van der Waals surface area contributed by atoms with Gasteiger partial charge in [-0.3, -0.25) is 0 Å². The molecule has 0 amide bonds. The fourth-order valence-electron chi connectivity index (χ4n) is 0. The van der Waals surface area contributed by atoms with Gasteiger partial charge in [0.25, 0.3) is 0 Å². The van der Waals surface area contributed by atoms with E-state index in [0.717, 1.165) is 0 Å². The number of hydrogen-bond acceptors (Lipinski definition) is 1. The van der Waals surface area contributed by atoms with E-state index in [4.69, 9.17) is 0 Å². The minimum absolute atomic E-state index is 0.273. The zero-order valence-corrected chi connectivity index (χ0v) is 4.44. The summed E-state index contributed by atoms with van der Waals surface area (Å²) in [5, 5.41) is 0. The van der Waals surface area contributed by atoms with Crippen LogP contribution in [-0.4, -0.2) is 6.10 Å². The van der Waals surface area contributed by atoms with Crippen molar-refractivity contribution in [1.29, 1.82) is 0 Å². The number of rotatable bonds is 1. The van der Waals surface area contributed by atoms with Crippen molar-refractivity contribution in [3.05, 3.63) is 0 Å². The van der Waals surface area contributed by atoms with E-state index in [-0.39, 0.29) is 6.10 Å². The molecule has 5 heavy (non-hydrogen) atoms. The van der Waals surface area contributed by atoms with Crippen molar-refractivity contribution in [1.82, 2.24) is 0 Å². The van der Waals surface area contributed by atoms with Gasteiger partial charge >= 0.3 is 40.1 Å². The van der Waals surface area contributed by atoms with Crippen LogP contribution in [0.4, 0.5) is 0 Å². The molecule has 0 aliphatic heterocycles. The van der Waals surface area contributed by atoms with Crippen molar-refractivity contribution in [2.75, 3.05) is 0 Å². The van der Waals surface area contributed by atoms with E-state index in [1.54, 1.807) is 0 Å². The molecular formula is C3H7FeO+. The van der Waals surface area contributed by atoms with Crippen molar-refractivity contribution in [2.45, 2.75) is 20.0 Å². The molecule has 32 valence electrons. The Morgan fingerprint density at radius 1 is 1.60 bits per heavy atom. The molecule has 0 saturated heterocycles. The predicted molar refractivity (Wildman–Crippen MR) is 16.2 cm³/mol. The molecule has 0 N–H and O–H groups in total. The van der Waals surface area contributed by atoms with Crippen LogP contribution >= 0.6 is 0 Å². The first-order valence-corrected chi connectivity index (χ1v) is 1.99.